The van der Waals surface area contributed by atoms with E-state index in [-0.39, 0.29) is 17.7 Å². The number of carbonyl (C=O) groups is 2. The van der Waals surface area contributed by atoms with Gasteiger partial charge in [-0.1, -0.05) is 42.5 Å². The fourth-order valence-corrected chi connectivity index (χ4v) is 3.78. The van der Waals surface area contributed by atoms with E-state index in [1.54, 1.807) is 17.3 Å². The highest BCUT2D eigenvalue weighted by Crippen LogP contribution is 2.26. The molecule has 0 aliphatic carbocycles. The average Bonchev–Trinajstić information content (AvgIpc) is 2.96. The normalized spacial score (nSPS) is 16.8. The topological polar surface area (TPSA) is 62.3 Å². The summed E-state index contributed by atoms with van der Waals surface area (Å²) in [5.74, 6) is -0.333. The van der Waals surface area contributed by atoms with E-state index < -0.39 is 0 Å². The van der Waals surface area contributed by atoms with Gasteiger partial charge in [0.2, 0.25) is 5.91 Å². The first-order chi connectivity index (χ1) is 14.2. The maximum absolute atomic E-state index is 12.9. The molecular formula is C24H23N3O2. The molecule has 1 aliphatic heterocycles. The molecule has 1 atom stereocenters. The molecule has 1 aromatic heterocycles. The van der Waals surface area contributed by atoms with Crippen molar-refractivity contribution >= 4 is 11.8 Å². The fraction of sp³-hybridized carbons (Fsp3) is 0.208. The van der Waals surface area contributed by atoms with Gasteiger partial charge in [0.25, 0.3) is 5.91 Å². The molecule has 146 valence electrons. The van der Waals surface area contributed by atoms with Crippen LogP contribution in [-0.4, -0.2) is 41.3 Å². The van der Waals surface area contributed by atoms with Gasteiger partial charge in [0.1, 0.15) is 0 Å². The fourth-order valence-electron chi connectivity index (χ4n) is 3.78. The van der Waals surface area contributed by atoms with E-state index in [0.717, 1.165) is 16.7 Å². The standard InChI is InChI=1S/C24H23N3O2/c28-23-21(16-20-8-4-5-9-22(20)18-10-12-25-13-11-18)17-27(15-14-26-23)24(29)19-6-2-1-3-7-19/h1-13,21H,14-17H2,(H,26,28)/t21-/m1/s1. The van der Waals surface area contributed by atoms with Crippen LogP contribution in [0.25, 0.3) is 11.1 Å². The maximum Gasteiger partial charge on any atom is 0.253 e. The Labute approximate surface area is 170 Å². The number of pyridine rings is 1. The van der Waals surface area contributed by atoms with Crippen LogP contribution < -0.4 is 5.32 Å². The highest BCUT2D eigenvalue weighted by molar-refractivity contribution is 5.94. The lowest BCUT2D eigenvalue weighted by molar-refractivity contribution is -0.124. The van der Waals surface area contributed by atoms with Gasteiger partial charge in [0, 0.05) is 37.6 Å². The number of nitrogens with zero attached hydrogens (tertiary/aromatic N) is 2. The number of hydrogen-bond donors (Lipinski definition) is 1. The van der Waals surface area contributed by atoms with Crippen LogP contribution in [0.1, 0.15) is 15.9 Å². The molecule has 0 unspecified atom stereocenters. The molecule has 3 aromatic rings. The molecule has 0 bridgehead atoms. The smallest absolute Gasteiger partial charge is 0.253 e. The monoisotopic (exact) mass is 385 g/mol. The first kappa shape index (κ1) is 18.9. The van der Waals surface area contributed by atoms with Crippen molar-refractivity contribution in [2.45, 2.75) is 6.42 Å². The summed E-state index contributed by atoms with van der Waals surface area (Å²) in [5, 5.41) is 2.97. The van der Waals surface area contributed by atoms with Crippen molar-refractivity contribution in [3.63, 3.8) is 0 Å². The molecule has 4 rings (SSSR count). The van der Waals surface area contributed by atoms with Crippen molar-refractivity contribution in [3.05, 3.63) is 90.3 Å². The molecule has 1 saturated heterocycles. The number of carbonyl (C=O) groups excluding carboxylic acids is 2. The maximum atomic E-state index is 12.9. The van der Waals surface area contributed by atoms with Gasteiger partial charge in [-0.3, -0.25) is 14.6 Å². The minimum absolute atomic E-state index is 0.00195. The highest BCUT2D eigenvalue weighted by Gasteiger charge is 2.28. The van der Waals surface area contributed by atoms with Crippen molar-refractivity contribution in [2.75, 3.05) is 19.6 Å². The summed E-state index contributed by atoms with van der Waals surface area (Å²) >= 11 is 0. The molecule has 1 N–H and O–H groups in total. The van der Waals surface area contributed by atoms with E-state index in [9.17, 15) is 9.59 Å². The molecule has 0 saturated carbocycles. The average molecular weight is 385 g/mol. The number of benzene rings is 2. The summed E-state index contributed by atoms with van der Waals surface area (Å²) in [6, 6.07) is 21.3. The molecule has 5 nitrogen and oxygen atoms in total. The Bertz CT molecular complexity index is 989. The molecule has 1 fully saturated rings. The van der Waals surface area contributed by atoms with Crippen molar-refractivity contribution in [1.82, 2.24) is 15.2 Å². The number of amides is 2. The van der Waals surface area contributed by atoms with Crippen molar-refractivity contribution in [1.29, 1.82) is 0 Å². The van der Waals surface area contributed by atoms with Crippen LogP contribution >= 0.6 is 0 Å². The number of hydrogen-bond acceptors (Lipinski definition) is 3. The van der Waals surface area contributed by atoms with Gasteiger partial charge in [-0.05, 0) is 47.4 Å². The van der Waals surface area contributed by atoms with Crippen LogP contribution in [0.3, 0.4) is 0 Å². The Balaban J connectivity index is 1.58. The number of nitrogens with one attached hydrogen (secondary N) is 1. The Morgan fingerprint density at radius 3 is 2.52 bits per heavy atom. The van der Waals surface area contributed by atoms with E-state index >= 15 is 0 Å². The minimum Gasteiger partial charge on any atom is -0.354 e. The third-order valence-corrected chi connectivity index (χ3v) is 5.28. The Morgan fingerprint density at radius 2 is 1.72 bits per heavy atom. The first-order valence-corrected chi connectivity index (χ1v) is 9.83. The largest absolute Gasteiger partial charge is 0.354 e. The molecule has 2 aromatic carbocycles. The van der Waals surface area contributed by atoms with Gasteiger partial charge in [0.15, 0.2) is 0 Å². The minimum atomic E-state index is -0.298. The summed E-state index contributed by atoms with van der Waals surface area (Å²) < 4.78 is 0. The lowest BCUT2D eigenvalue weighted by atomic mass is 9.91. The third kappa shape index (κ3) is 4.35. The van der Waals surface area contributed by atoms with Crippen molar-refractivity contribution in [3.8, 4) is 11.1 Å². The lowest BCUT2D eigenvalue weighted by Gasteiger charge is -2.24. The van der Waals surface area contributed by atoms with Crippen LogP contribution in [-0.2, 0) is 11.2 Å². The predicted molar refractivity (Wildman–Crippen MR) is 112 cm³/mol. The van der Waals surface area contributed by atoms with Gasteiger partial charge in [0.05, 0.1) is 5.92 Å². The second kappa shape index (κ2) is 8.69. The highest BCUT2D eigenvalue weighted by atomic mass is 16.2. The SMILES string of the molecule is O=C1NCCN(C(=O)c2ccccc2)C[C@H]1Cc1ccccc1-c1ccncc1. The predicted octanol–water partition coefficient (Wildman–Crippen LogP) is 3.18. The van der Waals surface area contributed by atoms with E-state index in [1.807, 2.05) is 54.6 Å². The lowest BCUT2D eigenvalue weighted by Crippen LogP contribution is -2.37. The van der Waals surface area contributed by atoms with Crippen molar-refractivity contribution in [2.24, 2.45) is 5.92 Å². The van der Waals surface area contributed by atoms with Crippen LogP contribution in [0.15, 0.2) is 79.1 Å². The van der Waals surface area contributed by atoms with Crippen LogP contribution in [0, 0.1) is 5.92 Å². The zero-order chi connectivity index (χ0) is 20.1. The summed E-state index contributed by atoms with van der Waals surface area (Å²) in [7, 11) is 0. The zero-order valence-corrected chi connectivity index (χ0v) is 16.1. The zero-order valence-electron chi connectivity index (χ0n) is 16.1. The molecule has 29 heavy (non-hydrogen) atoms. The van der Waals surface area contributed by atoms with Crippen molar-refractivity contribution < 1.29 is 9.59 Å². The van der Waals surface area contributed by atoms with Crippen LogP contribution in [0.5, 0.6) is 0 Å². The van der Waals surface area contributed by atoms with Crippen LogP contribution in [0.2, 0.25) is 0 Å². The molecular weight excluding hydrogens is 362 g/mol. The molecule has 0 radical (unpaired) electrons. The second-order valence-corrected chi connectivity index (χ2v) is 7.20. The quantitative estimate of drug-likeness (QED) is 0.750. The third-order valence-electron chi connectivity index (χ3n) is 5.28. The van der Waals surface area contributed by atoms with Crippen LogP contribution in [0.4, 0.5) is 0 Å². The molecule has 0 spiro atoms. The number of aromatic nitrogens is 1. The summed E-state index contributed by atoms with van der Waals surface area (Å²) in [4.78, 5) is 31.5. The Kier molecular flexibility index (Phi) is 5.66. The molecule has 1 aliphatic rings. The van der Waals surface area contributed by atoms with Gasteiger partial charge in [-0.2, -0.15) is 0 Å². The Hall–Kier alpha value is -3.47. The van der Waals surface area contributed by atoms with E-state index in [0.29, 0.717) is 31.6 Å². The van der Waals surface area contributed by atoms with Gasteiger partial charge in [-0.25, -0.2) is 0 Å². The molecule has 2 amide bonds. The number of rotatable bonds is 4. The van der Waals surface area contributed by atoms with E-state index in [2.05, 4.69) is 22.4 Å². The Morgan fingerprint density at radius 1 is 1.00 bits per heavy atom. The van der Waals surface area contributed by atoms with E-state index in [4.69, 9.17) is 0 Å². The summed E-state index contributed by atoms with van der Waals surface area (Å²) in [6.07, 6.45) is 4.11. The summed E-state index contributed by atoms with van der Waals surface area (Å²) in [6.45, 7) is 1.39. The molecule has 2 heterocycles. The second-order valence-electron chi connectivity index (χ2n) is 7.20. The summed E-state index contributed by atoms with van der Waals surface area (Å²) in [5.41, 5.74) is 3.90. The van der Waals surface area contributed by atoms with E-state index in [1.165, 1.54) is 0 Å². The first-order valence-electron chi connectivity index (χ1n) is 9.83. The van der Waals surface area contributed by atoms with Gasteiger partial charge < -0.3 is 10.2 Å². The van der Waals surface area contributed by atoms with Gasteiger partial charge in [-0.15, -0.1) is 0 Å². The van der Waals surface area contributed by atoms with Gasteiger partial charge >= 0.3 is 0 Å². The molecule has 5 heteroatoms.